The molecule has 0 radical (unpaired) electrons. The van der Waals surface area contributed by atoms with E-state index in [9.17, 15) is 4.79 Å². The van der Waals surface area contributed by atoms with Gasteiger partial charge in [-0.05, 0) is 36.1 Å². The number of anilines is 2. The van der Waals surface area contributed by atoms with E-state index in [2.05, 4.69) is 42.3 Å². The van der Waals surface area contributed by atoms with E-state index in [-0.39, 0.29) is 5.91 Å². The fourth-order valence-corrected chi connectivity index (χ4v) is 3.75. The maximum Gasteiger partial charge on any atom is 0.279 e. The van der Waals surface area contributed by atoms with Crippen LogP contribution in [-0.2, 0) is 4.79 Å². The van der Waals surface area contributed by atoms with Gasteiger partial charge in [0.1, 0.15) is 5.75 Å². The smallest absolute Gasteiger partial charge is 0.279 e. The standard InChI is InChI=1S/C23H31N3O2/c1-4-18(2)21-10-5-6-11-22(21)24-23(27)17-25-12-14-26(15-13-25)19-8-7-9-20(16-19)28-3/h5-11,16,18H,4,12-15,17H2,1-3H3,(H,24,27)/p+1/t18-/m1/s1. The summed E-state index contributed by atoms with van der Waals surface area (Å²) in [4.78, 5) is 16.3. The number of amides is 1. The van der Waals surface area contributed by atoms with Gasteiger partial charge in [0.15, 0.2) is 6.54 Å². The number of nitrogens with zero attached hydrogens (tertiary/aromatic N) is 1. The molecule has 0 unspecified atom stereocenters. The first-order valence-corrected chi connectivity index (χ1v) is 10.2. The van der Waals surface area contributed by atoms with E-state index in [0.717, 1.165) is 44.0 Å². The van der Waals surface area contributed by atoms with Gasteiger partial charge in [-0.2, -0.15) is 0 Å². The topological polar surface area (TPSA) is 46.0 Å². The lowest BCUT2D eigenvalue weighted by Crippen LogP contribution is -3.15. The van der Waals surface area contributed by atoms with E-state index in [1.165, 1.54) is 16.2 Å². The summed E-state index contributed by atoms with van der Waals surface area (Å²) in [6.45, 7) is 8.69. The molecule has 0 aromatic heterocycles. The Kier molecular flexibility index (Phi) is 6.93. The SMILES string of the molecule is CC[C@@H](C)c1ccccc1NC(=O)C[NH+]1CCN(c2cccc(OC)c2)CC1. The van der Waals surface area contributed by atoms with E-state index < -0.39 is 0 Å². The number of ether oxygens (including phenoxy) is 1. The predicted molar refractivity (Wildman–Crippen MR) is 115 cm³/mol. The molecule has 0 bridgehead atoms. The van der Waals surface area contributed by atoms with Crippen LogP contribution in [0, 0.1) is 0 Å². The van der Waals surface area contributed by atoms with Crippen LogP contribution in [0.2, 0.25) is 0 Å². The summed E-state index contributed by atoms with van der Waals surface area (Å²) in [6.07, 6.45) is 1.06. The number of methoxy groups -OCH3 is 1. The van der Waals surface area contributed by atoms with Crippen molar-refractivity contribution in [2.45, 2.75) is 26.2 Å². The number of benzene rings is 2. The van der Waals surface area contributed by atoms with Gasteiger partial charge in [-0.25, -0.2) is 0 Å². The Morgan fingerprint density at radius 2 is 1.93 bits per heavy atom. The van der Waals surface area contributed by atoms with Crippen LogP contribution in [0.1, 0.15) is 31.7 Å². The van der Waals surface area contributed by atoms with Crippen molar-refractivity contribution < 1.29 is 14.4 Å². The van der Waals surface area contributed by atoms with Gasteiger partial charge in [-0.1, -0.05) is 38.1 Å². The Morgan fingerprint density at radius 1 is 1.18 bits per heavy atom. The van der Waals surface area contributed by atoms with Crippen molar-refractivity contribution in [1.29, 1.82) is 0 Å². The number of hydrogen-bond donors (Lipinski definition) is 2. The van der Waals surface area contributed by atoms with Gasteiger partial charge in [-0.3, -0.25) is 4.79 Å². The van der Waals surface area contributed by atoms with Gasteiger partial charge >= 0.3 is 0 Å². The summed E-state index contributed by atoms with van der Waals surface area (Å²) in [5.74, 6) is 1.42. The molecule has 0 spiro atoms. The monoisotopic (exact) mass is 382 g/mol. The van der Waals surface area contributed by atoms with Gasteiger partial charge in [0.25, 0.3) is 5.91 Å². The second-order valence-corrected chi connectivity index (χ2v) is 7.56. The predicted octanol–water partition coefficient (Wildman–Crippen LogP) is 2.55. The highest BCUT2D eigenvalue weighted by Crippen LogP contribution is 2.26. The molecule has 1 heterocycles. The third-order valence-corrected chi connectivity index (χ3v) is 5.68. The van der Waals surface area contributed by atoms with Crippen molar-refractivity contribution in [2.24, 2.45) is 0 Å². The van der Waals surface area contributed by atoms with Crippen LogP contribution in [-0.4, -0.2) is 45.7 Å². The normalized spacial score (nSPS) is 15.9. The van der Waals surface area contributed by atoms with Crippen LogP contribution < -0.4 is 19.9 Å². The van der Waals surface area contributed by atoms with Crippen molar-refractivity contribution in [3.05, 3.63) is 54.1 Å². The second kappa shape index (κ2) is 9.60. The molecule has 1 amide bonds. The number of rotatable bonds is 7. The zero-order valence-electron chi connectivity index (χ0n) is 17.2. The van der Waals surface area contributed by atoms with Crippen LogP contribution in [0.5, 0.6) is 5.75 Å². The molecule has 1 aliphatic heterocycles. The molecular formula is C23H32N3O2+. The molecule has 1 fully saturated rings. The van der Waals surface area contributed by atoms with E-state index in [1.807, 2.05) is 30.3 Å². The van der Waals surface area contributed by atoms with E-state index in [1.54, 1.807) is 7.11 Å². The molecule has 0 saturated carbocycles. The molecule has 2 aromatic carbocycles. The van der Waals surface area contributed by atoms with Crippen molar-refractivity contribution in [3.63, 3.8) is 0 Å². The lowest BCUT2D eigenvalue weighted by Gasteiger charge is -2.33. The molecular weight excluding hydrogens is 350 g/mol. The Balaban J connectivity index is 1.53. The van der Waals surface area contributed by atoms with Crippen LogP contribution in [0.15, 0.2) is 48.5 Å². The van der Waals surface area contributed by atoms with E-state index >= 15 is 0 Å². The third-order valence-electron chi connectivity index (χ3n) is 5.68. The largest absolute Gasteiger partial charge is 0.497 e. The molecule has 5 nitrogen and oxygen atoms in total. The fraction of sp³-hybridized carbons (Fsp3) is 0.435. The first-order valence-electron chi connectivity index (χ1n) is 10.2. The van der Waals surface area contributed by atoms with Gasteiger partial charge in [0.2, 0.25) is 0 Å². The first-order chi connectivity index (χ1) is 13.6. The van der Waals surface area contributed by atoms with E-state index in [0.29, 0.717) is 12.5 Å². The minimum atomic E-state index is 0.0978. The average molecular weight is 383 g/mol. The molecule has 150 valence electrons. The van der Waals surface area contributed by atoms with E-state index in [4.69, 9.17) is 4.74 Å². The molecule has 0 aliphatic carbocycles. The summed E-state index contributed by atoms with van der Waals surface area (Å²) < 4.78 is 5.33. The molecule has 5 heteroatoms. The highest BCUT2D eigenvalue weighted by molar-refractivity contribution is 5.92. The minimum Gasteiger partial charge on any atom is -0.497 e. The molecule has 1 saturated heterocycles. The van der Waals surface area contributed by atoms with Gasteiger partial charge in [-0.15, -0.1) is 0 Å². The number of carbonyl (C=O) groups is 1. The van der Waals surface area contributed by atoms with Crippen molar-refractivity contribution in [1.82, 2.24) is 0 Å². The third kappa shape index (κ3) is 5.04. The lowest BCUT2D eigenvalue weighted by molar-refractivity contribution is -0.892. The second-order valence-electron chi connectivity index (χ2n) is 7.56. The van der Waals surface area contributed by atoms with Crippen LogP contribution in [0.4, 0.5) is 11.4 Å². The van der Waals surface area contributed by atoms with Crippen LogP contribution >= 0.6 is 0 Å². The highest BCUT2D eigenvalue weighted by atomic mass is 16.5. The molecule has 1 aliphatic rings. The van der Waals surface area contributed by atoms with Crippen LogP contribution in [0.25, 0.3) is 0 Å². The number of piperazine rings is 1. The number of para-hydroxylation sites is 1. The zero-order valence-corrected chi connectivity index (χ0v) is 17.2. The summed E-state index contributed by atoms with van der Waals surface area (Å²) in [5, 5.41) is 3.14. The quantitative estimate of drug-likeness (QED) is 0.774. The first kappa shape index (κ1) is 20.2. The summed E-state index contributed by atoms with van der Waals surface area (Å²) in [5.41, 5.74) is 3.36. The zero-order chi connectivity index (χ0) is 19.9. The summed E-state index contributed by atoms with van der Waals surface area (Å²) >= 11 is 0. The van der Waals surface area contributed by atoms with Gasteiger partial charge < -0.3 is 19.9 Å². The number of hydrogen-bond acceptors (Lipinski definition) is 3. The van der Waals surface area contributed by atoms with Crippen LogP contribution in [0.3, 0.4) is 0 Å². The maximum absolute atomic E-state index is 12.6. The Morgan fingerprint density at radius 3 is 2.64 bits per heavy atom. The number of carbonyl (C=O) groups excluding carboxylic acids is 1. The maximum atomic E-state index is 12.6. The van der Waals surface area contributed by atoms with Crippen molar-refractivity contribution >= 4 is 17.3 Å². The summed E-state index contributed by atoms with van der Waals surface area (Å²) in [6, 6.07) is 16.3. The molecule has 3 rings (SSSR count). The average Bonchev–Trinajstić information content (AvgIpc) is 2.74. The van der Waals surface area contributed by atoms with Gasteiger partial charge in [0, 0.05) is 17.4 Å². The molecule has 2 N–H and O–H groups in total. The Hall–Kier alpha value is -2.53. The Bertz CT molecular complexity index is 785. The Labute approximate surface area is 168 Å². The van der Waals surface area contributed by atoms with Crippen molar-refractivity contribution in [3.8, 4) is 5.75 Å². The number of nitrogens with one attached hydrogen (secondary N) is 2. The minimum absolute atomic E-state index is 0.0978. The molecule has 1 atom stereocenters. The summed E-state index contributed by atoms with van der Waals surface area (Å²) in [7, 11) is 1.69. The van der Waals surface area contributed by atoms with Gasteiger partial charge in [0.05, 0.1) is 33.3 Å². The van der Waals surface area contributed by atoms with Crippen molar-refractivity contribution in [2.75, 3.05) is 50.1 Å². The fourth-order valence-electron chi connectivity index (χ4n) is 3.75. The molecule has 2 aromatic rings. The molecule has 28 heavy (non-hydrogen) atoms. The highest BCUT2D eigenvalue weighted by Gasteiger charge is 2.23. The lowest BCUT2D eigenvalue weighted by atomic mass is 9.97. The number of quaternary nitrogens is 1.